The van der Waals surface area contributed by atoms with E-state index in [2.05, 4.69) is 6.92 Å². The molecule has 0 bridgehead atoms. The first-order valence-electron chi connectivity index (χ1n) is 6.96. The second-order valence-electron chi connectivity index (χ2n) is 5.29. The number of amides is 1. The standard InChI is InChI=1S/C15H22N2O2/c1-2-10-4-3-5-11(8-10)19-12-6-7-14(16)13(9-12)15(17)18/h6-7,9-11H,2-5,8,16H2,1H3,(H2,17,18). The Labute approximate surface area is 114 Å². The molecule has 1 fully saturated rings. The number of hydrogen-bond acceptors (Lipinski definition) is 3. The van der Waals surface area contributed by atoms with Crippen molar-refractivity contribution in [3.8, 4) is 5.75 Å². The highest BCUT2D eigenvalue weighted by Gasteiger charge is 2.22. The summed E-state index contributed by atoms with van der Waals surface area (Å²) in [5.74, 6) is 0.922. The molecule has 0 saturated heterocycles. The minimum atomic E-state index is -0.516. The Morgan fingerprint density at radius 3 is 2.89 bits per heavy atom. The molecule has 4 N–H and O–H groups in total. The summed E-state index contributed by atoms with van der Waals surface area (Å²) in [6.45, 7) is 2.22. The van der Waals surface area contributed by atoms with Crippen LogP contribution in [0.15, 0.2) is 18.2 Å². The Morgan fingerprint density at radius 2 is 2.21 bits per heavy atom. The molecule has 104 valence electrons. The first-order chi connectivity index (χ1) is 9.10. The summed E-state index contributed by atoms with van der Waals surface area (Å²) >= 11 is 0. The Hall–Kier alpha value is -1.71. The maximum atomic E-state index is 11.3. The largest absolute Gasteiger partial charge is 0.490 e. The lowest BCUT2D eigenvalue weighted by molar-refractivity contribution is 0.0998. The first-order valence-corrected chi connectivity index (χ1v) is 6.96. The van der Waals surface area contributed by atoms with Crippen molar-refractivity contribution in [2.24, 2.45) is 11.7 Å². The second kappa shape index (κ2) is 5.95. The summed E-state index contributed by atoms with van der Waals surface area (Å²) < 4.78 is 5.97. The number of primary amides is 1. The van der Waals surface area contributed by atoms with Gasteiger partial charge in [-0.2, -0.15) is 0 Å². The van der Waals surface area contributed by atoms with Gasteiger partial charge in [-0.15, -0.1) is 0 Å². The molecule has 0 heterocycles. The van der Waals surface area contributed by atoms with Crippen LogP contribution in [0.5, 0.6) is 5.75 Å². The smallest absolute Gasteiger partial charge is 0.250 e. The highest BCUT2D eigenvalue weighted by molar-refractivity contribution is 5.98. The zero-order valence-electron chi connectivity index (χ0n) is 11.4. The van der Waals surface area contributed by atoms with Gasteiger partial charge in [0.05, 0.1) is 11.7 Å². The lowest BCUT2D eigenvalue weighted by atomic mass is 9.85. The van der Waals surface area contributed by atoms with Gasteiger partial charge in [-0.05, 0) is 43.4 Å². The van der Waals surface area contributed by atoms with Crippen molar-refractivity contribution in [3.05, 3.63) is 23.8 Å². The van der Waals surface area contributed by atoms with Crippen molar-refractivity contribution in [1.82, 2.24) is 0 Å². The summed E-state index contributed by atoms with van der Waals surface area (Å²) in [4.78, 5) is 11.3. The molecule has 19 heavy (non-hydrogen) atoms. The monoisotopic (exact) mass is 262 g/mol. The van der Waals surface area contributed by atoms with Crippen molar-refractivity contribution < 1.29 is 9.53 Å². The third-order valence-corrected chi connectivity index (χ3v) is 3.91. The van der Waals surface area contributed by atoms with Crippen LogP contribution in [0.1, 0.15) is 49.4 Å². The molecule has 0 spiro atoms. The molecular weight excluding hydrogens is 240 g/mol. The van der Waals surface area contributed by atoms with Crippen molar-refractivity contribution in [3.63, 3.8) is 0 Å². The van der Waals surface area contributed by atoms with Crippen molar-refractivity contribution >= 4 is 11.6 Å². The topological polar surface area (TPSA) is 78.3 Å². The summed E-state index contributed by atoms with van der Waals surface area (Å²) in [5, 5.41) is 0. The van der Waals surface area contributed by atoms with Crippen molar-refractivity contribution in [2.45, 2.75) is 45.1 Å². The molecule has 0 radical (unpaired) electrons. The van der Waals surface area contributed by atoms with E-state index in [1.807, 2.05) is 0 Å². The molecule has 1 aliphatic rings. The molecule has 2 unspecified atom stereocenters. The molecule has 1 aliphatic carbocycles. The van der Waals surface area contributed by atoms with Gasteiger partial charge in [0.25, 0.3) is 5.91 Å². The Balaban J connectivity index is 2.06. The maximum absolute atomic E-state index is 11.3. The van der Waals surface area contributed by atoms with E-state index in [0.717, 1.165) is 18.8 Å². The average molecular weight is 262 g/mol. The van der Waals surface area contributed by atoms with E-state index >= 15 is 0 Å². The van der Waals surface area contributed by atoms with Gasteiger partial charge in [-0.1, -0.05) is 19.8 Å². The highest BCUT2D eigenvalue weighted by Crippen LogP contribution is 2.30. The van der Waals surface area contributed by atoms with Crippen LogP contribution in [0.2, 0.25) is 0 Å². The molecule has 2 atom stereocenters. The van der Waals surface area contributed by atoms with Gasteiger partial charge in [0.15, 0.2) is 0 Å². The lowest BCUT2D eigenvalue weighted by Gasteiger charge is -2.29. The second-order valence-corrected chi connectivity index (χ2v) is 5.29. The highest BCUT2D eigenvalue weighted by atomic mass is 16.5. The van der Waals surface area contributed by atoms with Gasteiger partial charge < -0.3 is 16.2 Å². The maximum Gasteiger partial charge on any atom is 0.250 e. The summed E-state index contributed by atoms with van der Waals surface area (Å²) in [6, 6.07) is 5.13. The molecule has 0 aromatic heterocycles. The lowest BCUT2D eigenvalue weighted by Crippen LogP contribution is -2.25. The molecule has 1 amide bonds. The van der Waals surface area contributed by atoms with Crippen LogP contribution in [0.3, 0.4) is 0 Å². The van der Waals surface area contributed by atoms with Gasteiger partial charge >= 0.3 is 0 Å². The number of benzene rings is 1. The summed E-state index contributed by atoms with van der Waals surface area (Å²) in [5.41, 5.74) is 11.7. The van der Waals surface area contributed by atoms with Crippen LogP contribution < -0.4 is 16.2 Å². The number of anilines is 1. The molecule has 2 rings (SSSR count). The van der Waals surface area contributed by atoms with Crippen LogP contribution in [0, 0.1) is 5.92 Å². The van der Waals surface area contributed by atoms with Crippen LogP contribution >= 0.6 is 0 Å². The van der Waals surface area contributed by atoms with E-state index in [1.165, 1.54) is 19.3 Å². The fourth-order valence-corrected chi connectivity index (χ4v) is 2.73. The van der Waals surface area contributed by atoms with Crippen LogP contribution in [-0.4, -0.2) is 12.0 Å². The molecule has 1 saturated carbocycles. The number of ether oxygens (including phenoxy) is 1. The molecule has 1 aromatic rings. The van der Waals surface area contributed by atoms with E-state index in [4.69, 9.17) is 16.2 Å². The third kappa shape index (κ3) is 3.40. The zero-order chi connectivity index (χ0) is 13.8. The predicted molar refractivity (Wildman–Crippen MR) is 76.0 cm³/mol. The molecule has 4 nitrogen and oxygen atoms in total. The fraction of sp³-hybridized carbons (Fsp3) is 0.533. The van der Waals surface area contributed by atoms with Gasteiger partial charge in [0, 0.05) is 5.69 Å². The molecular formula is C15H22N2O2. The molecule has 4 heteroatoms. The van der Waals surface area contributed by atoms with E-state index in [0.29, 0.717) is 17.0 Å². The number of carbonyl (C=O) groups is 1. The van der Waals surface area contributed by atoms with Crippen molar-refractivity contribution in [2.75, 3.05) is 5.73 Å². The molecule has 1 aromatic carbocycles. The number of nitrogens with two attached hydrogens (primary N) is 2. The minimum absolute atomic E-state index is 0.239. The first kappa shape index (κ1) is 13.7. The van der Waals surface area contributed by atoms with E-state index < -0.39 is 5.91 Å². The van der Waals surface area contributed by atoms with Crippen LogP contribution in [0.25, 0.3) is 0 Å². The molecule has 0 aliphatic heterocycles. The Morgan fingerprint density at radius 1 is 1.42 bits per heavy atom. The summed E-state index contributed by atoms with van der Waals surface area (Å²) in [7, 11) is 0. The normalized spacial score (nSPS) is 23.0. The van der Waals surface area contributed by atoms with Gasteiger partial charge in [0.1, 0.15) is 5.75 Å². The number of nitrogen functional groups attached to an aromatic ring is 1. The SMILES string of the molecule is CCC1CCCC(Oc2ccc(N)c(C(N)=O)c2)C1. The Bertz CT molecular complexity index is 459. The number of hydrogen-bond donors (Lipinski definition) is 2. The quantitative estimate of drug-likeness (QED) is 0.819. The van der Waals surface area contributed by atoms with E-state index in [1.54, 1.807) is 18.2 Å². The Kier molecular flexibility index (Phi) is 4.30. The van der Waals surface area contributed by atoms with Gasteiger partial charge in [-0.25, -0.2) is 0 Å². The number of carbonyl (C=O) groups excluding carboxylic acids is 1. The van der Waals surface area contributed by atoms with E-state index in [-0.39, 0.29) is 6.10 Å². The van der Waals surface area contributed by atoms with E-state index in [9.17, 15) is 4.79 Å². The van der Waals surface area contributed by atoms with Crippen LogP contribution in [-0.2, 0) is 0 Å². The predicted octanol–water partition coefficient (Wildman–Crippen LogP) is 2.72. The van der Waals surface area contributed by atoms with Crippen LogP contribution in [0.4, 0.5) is 5.69 Å². The number of rotatable bonds is 4. The van der Waals surface area contributed by atoms with Gasteiger partial charge in [0.2, 0.25) is 0 Å². The average Bonchev–Trinajstić information content (AvgIpc) is 2.41. The fourth-order valence-electron chi connectivity index (χ4n) is 2.73. The summed E-state index contributed by atoms with van der Waals surface area (Å²) in [6.07, 6.45) is 6.11. The minimum Gasteiger partial charge on any atom is -0.490 e. The van der Waals surface area contributed by atoms with Gasteiger partial charge in [-0.3, -0.25) is 4.79 Å². The van der Waals surface area contributed by atoms with Crippen molar-refractivity contribution in [1.29, 1.82) is 0 Å². The third-order valence-electron chi connectivity index (χ3n) is 3.91. The zero-order valence-corrected chi connectivity index (χ0v) is 11.4.